The standard InChI is InChI=1S/C18H22ClN5O/c19-14-4-5-15-16(12-14)20-13-21-17(15)22-8-10-24(11-9-22)18(25)23-6-2-1-3-7-23/h4-5,12-13H,1-3,6-11H2. The van der Waals surface area contributed by atoms with Gasteiger partial charge in [0.15, 0.2) is 0 Å². The molecule has 2 fully saturated rings. The van der Waals surface area contributed by atoms with E-state index in [2.05, 4.69) is 14.9 Å². The van der Waals surface area contributed by atoms with Crippen LogP contribution in [0.2, 0.25) is 5.02 Å². The highest BCUT2D eigenvalue weighted by molar-refractivity contribution is 6.31. The number of aromatic nitrogens is 2. The van der Waals surface area contributed by atoms with E-state index < -0.39 is 0 Å². The highest BCUT2D eigenvalue weighted by Gasteiger charge is 2.27. The van der Waals surface area contributed by atoms with Crippen LogP contribution in [0.25, 0.3) is 10.9 Å². The third-order valence-corrected chi connectivity index (χ3v) is 5.29. The van der Waals surface area contributed by atoms with Crippen molar-refractivity contribution in [2.75, 3.05) is 44.2 Å². The number of benzene rings is 1. The van der Waals surface area contributed by atoms with E-state index >= 15 is 0 Å². The van der Waals surface area contributed by atoms with Gasteiger partial charge in [0, 0.05) is 49.7 Å². The fourth-order valence-electron chi connectivity index (χ4n) is 3.66. The Balaban J connectivity index is 1.46. The van der Waals surface area contributed by atoms with Gasteiger partial charge in [-0.3, -0.25) is 0 Å². The Hall–Kier alpha value is -2.08. The van der Waals surface area contributed by atoms with Crippen LogP contribution in [0, 0.1) is 0 Å². The Morgan fingerprint density at radius 3 is 2.40 bits per heavy atom. The average Bonchev–Trinajstić information content (AvgIpc) is 2.67. The van der Waals surface area contributed by atoms with Crippen molar-refractivity contribution < 1.29 is 4.79 Å². The number of hydrogen-bond acceptors (Lipinski definition) is 4. The van der Waals surface area contributed by atoms with E-state index in [9.17, 15) is 4.79 Å². The molecular formula is C18H22ClN5O. The average molecular weight is 360 g/mol. The predicted octanol–water partition coefficient (Wildman–Crippen LogP) is 3.01. The summed E-state index contributed by atoms with van der Waals surface area (Å²) in [5.74, 6) is 0.923. The van der Waals surface area contributed by atoms with Gasteiger partial charge in [-0.1, -0.05) is 11.6 Å². The molecule has 6 nitrogen and oxygen atoms in total. The molecule has 0 N–H and O–H groups in total. The van der Waals surface area contributed by atoms with Crippen LogP contribution in [0.15, 0.2) is 24.5 Å². The highest BCUT2D eigenvalue weighted by atomic mass is 35.5. The van der Waals surface area contributed by atoms with Gasteiger partial charge in [-0.05, 0) is 37.5 Å². The molecule has 2 saturated heterocycles. The summed E-state index contributed by atoms with van der Waals surface area (Å²) >= 11 is 6.06. The van der Waals surface area contributed by atoms with Crippen LogP contribution < -0.4 is 4.90 Å². The lowest BCUT2D eigenvalue weighted by atomic mass is 10.1. The Morgan fingerprint density at radius 2 is 1.64 bits per heavy atom. The SMILES string of the molecule is O=C(N1CCCCC1)N1CCN(c2ncnc3cc(Cl)ccc23)CC1. The van der Waals surface area contributed by atoms with E-state index in [4.69, 9.17) is 11.6 Å². The van der Waals surface area contributed by atoms with E-state index in [1.807, 2.05) is 28.0 Å². The molecule has 0 unspecified atom stereocenters. The highest BCUT2D eigenvalue weighted by Crippen LogP contribution is 2.26. The van der Waals surface area contributed by atoms with Gasteiger partial charge in [0.25, 0.3) is 0 Å². The fraction of sp³-hybridized carbons (Fsp3) is 0.500. The summed E-state index contributed by atoms with van der Waals surface area (Å²) < 4.78 is 0. The molecule has 4 rings (SSSR count). The molecule has 0 aliphatic carbocycles. The molecular weight excluding hydrogens is 338 g/mol. The summed E-state index contributed by atoms with van der Waals surface area (Å²) in [5.41, 5.74) is 0.851. The van der Waals surface area contributed by atoms with E-state index in [0.29, 0.717) is 5.02 Å². The van der Waals surface area contributed by atoms with Gasteiger partial charge in [-0.2, -0.15) is 0 Å². The Morgan fingerprint density at radius 1 is 0.920 bits per heavy atom. The minimum Gasteiger partial charge on any atom is -0.352 e. The van der Waals surface area contributed by atoms with Crippen LogP contribution in [-0.2, 0) is 0 Å². The number of carbonyl (C=O) groups is 1. The number of fused-ring (bicyclic) bond motifs is 1. The van der Waals surface area contributed by atoms with Gasteiger partial charge in [0.2, 0.25) is 0 Å². The number of piperazine rings is 1. The number of anilines is 1. The van der Waals surface area contributed by atoms with E-state index in [-0.39, 0.29) is 6.03 Å². The first-order valence-electron chi connectivity index (χ1n) is 8.91. The monoisotopic (exact) mass is 359 g/mol. The largest absolute Gasteiger partial charge is 0.352 e. The Bertz CT molecular complexity index is 769. The first-order valence-corrected chi connectivity index (χ1v) is 9.29. The van der Waals surface area contributed by atoms with Crippen LogP contribution >= 0.6 is 11.6 Å². The molecule has 1 aromatic heterocycles. The van der Waals surface area contributed by atoms with Gasteiger partial charge in [0.1, 0.15) is 12.1 Å². The third-order valence-electron chi connectivity index (χ3n) is 5.05. The van der Waals surface area contributed by atoms with Crippen molar-refractivity contribution in [1.82, 2.24) is 19.8 Å². The second kappa shape index (κ2) is 7.04. The van der Waals surface area contributed by atoms with Crippen molar-refractivity contribution in [1.29, 1.82) is 0 Å². The van der Waals surface area contributed by atoms with Crippen LogP contribution in [0.3, 0.4) is 0 Å². The minimum atomic E-state index is 0.193. The molecule has 3 heterocycles. The third kappa shape index (κ3) is 3.35. The van der Waals surface area contributed by atoms with Gasteiger partial charge in [-0.25, -0.2) is 14.8 Å². The smallest absolute Gasteiger partial charge is 0.320 e. The molecule has 2 aliphatic heterocycles. The molecule has 1 aromatic carbocycles. The zero-order chi connectivity index (χ0) is 17.2. The number of urea groups is 1. The predicted molar refractivity (Wildman–Crippen MR) is 99.2 cm³/mol. The van der Waals surface area contributed by atoms with Gasteiger partial charge in [0.05, 0.1) is 5.52 Å². The van der Waals surface area contributed by atoms with Crippen LogP contribution in [0.1, 0.15) is 19.3 Å². The number of amides is 2. The maximum atomic E-state index is 12.6. The van der Waals surface area contributed by atoms with E-state index in [1.54, 1.807) is 6.33 Å². The summed E-state index contributed by atoms with van der Waals surface area (Å²) in [6, 6.07) is 5.89. The summed E-state index contributed by atoms with van der Waals surface area (Å²) in [4.78, 5) is 27.6. The molecule has 0 bridgehead atoms. The summed E-state index contributed by atoms with van der Waals surface area (Å²) in [6.45, 7) is 4.83. The molecule has 7 heteroatoms. The van der Waals surface area contributed by atoms with Crippen molar-refractivity contribution in [3.05, 3.63) is 29.5 Å². The van der Waals surface area contributed by atoms with E-state index in [1.165, 1.54) is 6.42 Å². The summed E-state index contributed by atoms with van der Waals surface area (Å²) in [6.07, 6.45) is 5.07. The minimum absolute atomic E-state index is 0.193. The number of carbonyl (C=O) groups excluding carboxylic acids is 1. The number of likely N-dealkylation sites (tertiary alicyclic amines) is 1. The van der Waals surface area contributed by atoms with E-state index in [0.717, 1.165) is 68.8 Å². The van der Waals surface area contributed by atoms with Gasteiger partial charge in [-0.15, -0.1) is 0 Å². The molecule has 2 amide bonds. The summed E-state index contributed by atoms with van der Waals surface area (Å²) in [5, 5.41) is 1.68. The molecule has 0 saturated carbocycles. The second-order valence-corrected chi connectivity index (χ2v) is 7.10. The number of hydrogen-bond donors (Lipinski definition) is 0. The number of piperidine rings is 1. The maximum absolute atomic E-state index is 12.6. The topological polar surface area (TPSA) is 52.6 Å². The van der Waals surface area contributed by atoms with Crippen molar-refractivity contribution in [3.8, 4) is 0 Å². The molecule has 25 heavy (non-hydrogen) atoms. The van der Waals surface area contributed by atoms with Crippen molar-refractivity contribution in [3.63, 3.8) is 0 Å². The number of rotatable bonds is 1. The Labute approximate surface area is 152 Å². The van der Waals surface area contributed by atoms with Crippen LogP contribution in [0.4, 0.5) is 10.6 Å². The molecule has 0 radical (unpaired) electrons. The molecule has 2 aliphatic rings. The van der Waals surface area contributed by atoms with Gasteiger partial charge < -0.3 is 14.7 Å². The quantitative estimate of drug-likeness (QED) is 0.785. The lowest BCUT2D eigenvalue weighted by Gasteiger charge is -2.39. The van der Waals surface area contributed by atoms with Gasteiger partial charge >= 0.3 is 6.03 Å². The lowest BCUT2D eigenvalue weighted by Crippen LogP contribution is -2.53. The normalized spacial score (nSPS) is 18.7. The molecule has 0 spiro atoms. The van der Waals surface area contributed by atoms with Crippen molar-refractivity contribution in [2.24, 2.45) is 0 Å². The molecule has 132 valence electrons. The zero-order valence-electron chi connectivity index (χ0n) is 14.2. The fourth-order valence-corrected chi connectivity index (χ4v) is 3.83. The summed E-state index contributed by atoms with van der Waals surface area (Å²) in [7, 11) is 0. The lowest BCUT2D eigenvalue weighted by molar-refractivity contribution is 0.141. The molecule has 2 aromatic rings. The first kappa shape index (κ1) is 16.4. The Kier molecular flexibility index (Phi) is 4.61. The van der Waals surface area contributed by atoms with Crippen molar-refractivity contribution >= 4 is 34.4 Å². The number of nitrogens with zero attached hydrogens (tertiary/aromatic N) is 5. The maximum Gasteiger partial charge on any atom is 0.320 e. The van der Waals surface area contributed by atoms with Crippen LogP contribution in [-0.4, -0.2) is 65.1 Å². The zero-order valence-corrected chi connectivity index (χ0v) is 15.0. The van der Waals surface area contributed by atoms with Crippen molar-refractivity contribution in [2.45, 2.75) is 19.3 Å². The molecule has 0 atom stereocenters. The van der Waals surface area contributed by atoms with Crippen LogP contribution in [0.5, 0.6) is 0 Å². The second-order valence-electron chi connectivity index (χ2n) is 6.66. The number of halogens is 1. The first-order chi connectivity index (χ1) is 12.2.